The number of hydrogen-bond acceptors (Lipinski definition) is 3. The van der Waals surface area contributed by atoms with Gasteiger partial charge in [-0.1, -0.05) is 34.1 Å². The van der Waals surface area contributed by atoms with Crippen molar-refractivity contribution in [3.63, 3.8) is 0 Å². The van der Waals surface area contributed by atoms with Crippen LogP contribution in [0.4, 0.5) is 4.79 Å². The van der Waals surface area contributed by atoms with Crippen LogP contribution in [-0.2, 0) is 4.74 Å². The first-order chi connectivity index (χ1) is 11.3. The highest BCUT2D eigenvalue weighted by Crippen LogP contribution is 2.21. The molecule has 5 heteroatoms. The fraction of sp³-hybridized carbons (Fsp3) is 0.526. The van der Waals surface area contributed by atoms with Crippen molar-refractivity contribution in [2.75, 3.05) is 13.1 Å². The smallest absolute Gasteiger partial charge is 0.407 e. The summed E-state index contributed by atoms with van der Waals surface area (Å²) in [7, 11) is 0. The number of hydrogen-bond donors (Lipinski definition) is 2. The fourth-order valence-electron chi connectivity index (χ4n) is 2.24. The molecule has 0 aliphatic carbocycles. The molecule has 0 aliphatic heterocycles. The summed E-state index contributed by atoms with van der Waals surface area (Å²) < 4.78 is 6.29. The fourth-order valence-corrected chi connectivity index (χ4v) is 2.50. The van der Waals surface area contributed by atoms with Crippen LogP contribution in [-0.4, -0.2) is 24.8 Å². The Balaban J connectivity index is 2.36. The van der Waals surface area contributed by atoms with Crippen molar-refractivity contribution < 1.29 is 9.53 Å². The molecule has 0 aromatic heterocycles. The van der Waals surface area contributed by atoms with Gasteiger partial charge in [0, 0.05) is 17.1 Å². The molecule has 0 heterocycles. The molecule has 0 saturated heterocycles. The van der Waals surface area contributed by atoms with E-state index in [1.54, 1.807) is 0 Å². The highest BCUT2D eigenvalue weighted by molar-refractivity contribution is 9.10. The Morgan fingerprint density at radius 3 is 2.54 bits per heavy atom. The molecule has 134 valence electrons. The number of nitrogens with one attached hydrogen (secondary N) is 2. The number of halogens is 1. The minimum Gasteiger partial charge on any atom is -0.444 e. The second-order valence-electron chi connectivity index (χ2n) is 6.71. The summed E-state index contributed by atoms with van der Waals surface area (Å²) in [6.45, 7) is 10.8. The number of rotatable bonds is 9. The van der Waals surface area contributed by atoms with E-state index in [0.717, 1.165) is 30.3 Å². The molecule has 1 aromatic rings. The van der Waals surface area contributed by atoms with Gasteiger partial charge in [-0.05, 0) is 64.3 Å². The Kier molecular flexibility index (Phi) is 9.08. The number of amides is 1. The second kappa shape index (κ2) is 10.5. The van der Waals surface area contributed by atoms with Crippen LogP contribution in [0.15, 0.2) is 41.4 Å². The highest BCUT2D eigenvalue weighted by Gasteiger charge is 2.15. The van der Waals surface area contributed by atoms with Gasteiger partial charge in [0.1, 0.15) is 5.60 Å². The zero-order valence-electron chi connectivity index (χ0n) is 14.9. The van der Waals surface area contributed by atoms with Crippen molar-refractivity contribution in [3.8, 4) is 0 Å². The molecular weight excluding hydrogens is 368 g/mol. The van der Waals surface area contributed by atoms with E-state index in [1.165, 1.54) is 5.56 Å². The number of allylic oxidation sites excluding steroid dienone is 1. The molecule has 1 atom stereocenters. The van der Waals surface area contributed by atoms with Gasteiger partial charge in [0.2, 0.25) is 0 Å². The van der Waals surface area contributed by atoms with Crippen LogP contribution in [0, 0.1) is 0 Å². The van der Waals surface area contributed by atoms with Gasteiger partial charge in [0.25, 0.3) is 0 Å². The van der Waals surface area contributed by atoms with Crippen molar-refractivity contribution in [1.29, 1.82) is 0 Å². The minimum atomic E-state index is -0.459. The van der Waals surface area contributed by atoms with Gasteiger partial charge in [-0.2, -0.15) is 0 Å². The van der Waals surface area contributed by atoms with E-state index in [1.807, 2.05) is 26.8 Å². The number of carbonyl (C=O) groups is 1. The number of alkyl carbamates (subject to hydrolysis) is 1. The third kappa shape index (κ3) is 9.08. The largest absolute Gasteiger partial charge is 0.444 e. The lowest BCUT2D eigenvalue weighted by Crippen LogP contribution is -2.34. The molecule has 1 aromatic carbocycles. The highest BCUT2D eigenvalue weighted by atomic mass is 79.9. The van der Waals surface area contributed by atoms with E-state index in [-0.39, 0.29) is 12.1 Å². The minimum absolute atomic E-state index is 0.289. The zero-order valence-corrected chi connectivity index (χ0v) is 16.5. The van der Waals surface area contributed by atoms with Gasteiger partial charge in [-0.15, -0.1) is 6.58 Å². The summed E-state index contributed by atoms with van der Waals surface area (Å²) in [5.41, 5.74) is 0.805. The maximum atomic E-state index is 11.6. The Hall–Kier alpha value is -1.33. The Morgan fingerprint density at radius 1 is 1.29 bits per heavy atom. The normalized spacial score (nSPS) is 12.5. The van der Waals surface area contributed by atoms with Gasteiger partial charge in [-0.25, -0.2) is 4.79 Å². The molecule has 0 bridgehead atoms. The number of carbonyl (C=O) groups excluding carboxylic acids is 1. The average Bonchev–Trinajstić information content (AvgIpc) is 2.49. The summed E-state index contributed by atoms with van der Waals surface area (Å²) in [6.07, 6.45) is 4.39. The predicted octanol–water partition coefficient (Wildman–Crippen LogP) is 4.96. The molecule has 1 rings (SSSR count). The monoisotopic (exact) mass is 396 g/mol. The molecule has 0 fully saturated rings. The lowest BCUT2D eigenvalue weighted by atomic mass is 10.0. The molecule has 0 aliphatic rings. The molecule has 2 N–H and O–H groups in total. The quantitative estimate of drug-likeness (QED) is 0.457. The molecule has 0 saturated carbocycles. The Bertz CT molecular complexity index is 509. The molecule has 0 spiro atoms. The van der Waals surface area contributed by atoms with Gasteiger partial charge < -0.3 is 15.4 Å². The van der Waals surface area contributed by atoms with Crippen molar-refractivity contribution in [3.05, 3.63) is 47.0 Å². The molecular formula is C19H29BrN2O2. The first-order valence-electron chi connectivity index (χ1n) is 8.38. The molecule has 1 amide bonds. The van der Waals surface area contributed by atoms with Crippen LogP contribution >= 0.6 is 15.9 Å². The average molecular weight is 397 g/mol. The van der Waals surface area contributed by atoms with Gasteiger partial charge >= 0.3 is 6.09 Å². The molecule has 24 heavy (non-hydrogen) atoms. The number of benzene rings is 1. The Morgan fingerprint density at radius 2 is 1.96 bits per heavy atom. The van der Waals surface area contributed by atoms with Crippen LogP contribution in [0.25, 0.3) is 0 Å². The lowest BCUT2D eigenvalue weighted by molar-refractivity contribution is 0.0527. The van der Waals surface area contributed by atoms with Crippen molar-refractivity contribution in [1.82, 2.24) is 10.6 Å². The summed E-state index contributed by atoms with van der Waals surface area (Å²) in [6, 6.07) is 8.66. The van der Waals surface area contributed by atoms with Gasteiger partial charge in [0.15, 0.2) is 0 Å². The van der Waals surface area contributed by atoms with E-state index >= 15 is 0 Å². The zero-order chi connectivity index (χ0) is 18.0. The first-order valence-corrected chi connectivity index (χ1v) is 9.17. The van der Waals surface area contributed by atoms with E-state index < -0.39 is 5.60 Å². The van der Waals surface area contributed by atoms with E-state index in [9.17, 15) is 4.79 Å². The van der Waals surface area contributed by atoms with Crippen LogP contribution in [0.2, 0.25) is 0 Å². The molecule has 0 radical (unpaired) electrons. The lowest BCUT2D eigenvalue weighted by Gasteiger charge is -2.20. The van der Waals surface area contributed by atoms with Crippen LogP contribution in [0.3, 0.4) is 0 Å². The summed E-state index contributed by atoms with van der Waals surface area (Å²) in [5, 5.41) is 6.34. The van der Waals surface area contributed by atoms with Gasteiger partial charge in [-0.3, -0.25) is 0 Å². The first kappa shape index (κ1) is 20.7. The maximum absolute atomic E-state index is 11.6. The second-order valence-corrected chi connectivity index (χ2v) is 7.62. The summed E-state index contributed by atoms with van der Waals surface area (Å²) >= 11 is 3.47. The van der Waals surface area contributed by atoms with Crippen LogP contribution < -0.4 is 10.6 Å². The molecule has 0 unspecified atom stereocenters. The van der Waals surface area contributed by atoms with E-state index in [4.69, 9.17) is 4.74 Å². The van der Waals surface area contributed by atoms with Crippen molar-refractivity contribution >= 4 is 22.0 Å². The van der Waals surface area contributed by atoms with E-state index in [2.05, 4.69) is 57.4 Å². The summed E-state index contributed by atoms with van der Waals surface area (Å²) in [5.74, 6) is 0. The van der Waals surface area contributed by atoms with Crippen LogP contribution in [0.1, 0.15) is 51.6 Å². The standard InChI is InChI=1S/C19H29BrN2O2/c1-5-6-8-17(15-9-11-16(20)12-10-15)21-13-7-14-22-18(23)24-19(2,3)4/h5,9-12,17,21H,1,6-8,13-14H2,2-4H3,(H,22,23)/t17-/m0/s1. The molecule has 4 nitrogen and oxygen atoms in total. The third-order valence-corrected chi connectivity index (χ3v) is 3.87. The van der Waals surface area contributed by atoms with Crippen molar-refractivity contribution in [2.45, 2.75) is 51.7 Å². The van der Waals surface area contributed by atoms with Crippen molar-refractivity contribution in [2.24, 2.45) is 0 Å². The number of ether oxygens (including phenoxy) is 1. The SMILES string of the molecule is C=CCC[C@H](NCCCNC(=O)OC(C)(C)C)c1ccc(Br)cc1. The maximum Gasteiger partial charge on any atom is 0.407 e. The van der Waals surface area contributed by atoms with E-state index in [0.29, 0.717) is 6.54 Å². The van der Waals surface area contributed by atoms with Crippen LogP contribution in [0.5, 0.6) is 0 Å². The summed E-state index contributed by atoms with van der Waals surface area (Å²) in [4.78, 5) is 11.6. The van der Waals surface area contributed by atoms with Gasteiger partial charge in [0.05, 0.1) is 0 Å². The third-order valence-electron chi connectivity index (χ3n) is 3.34. The predicted molar refractivity (Wildman–Crippen MR) is 103 cm³/mol. The topological polar surface area (TPSA) is 50.4 Å². The Labute approximate surface area is 154 Å².